The van der Waals surface area contributed by atoms with E-state index in [1.54, 1.807) is 17.5 Å². The molecule has 1 heterocycles. The lowest BCUT2D eigenvalue weighted by molar-refractivity contribution is -0.385. The van der Waals surface area contributed by atoms with Gasteiger partial charge in [-0.15, -0.1) is 23.1 Å². The number of thiophene rings is 1. The van der Waals surface area contributed by atoms with Crippen molar-refractivity contribution in [1.29, 1.82) is 0 Å². The van der Waals surface area contributed by atoms with E-state index in [9.17, 15) is 19.7 Å². The molecule has 26 heavy (non-hydrogen) atoms. The quantitative estimate of drug-likeness (QED) is 0.414. The topological polar surface area (TPSA) is 108 Å². The molecule has 10 heteroatoms. The highest BCUT2D eigenvalue weighted by Gasteiger charge is 2.17. The molecule has 138 valence electrons. The lowest BCUT2D eigenvalue weighted by atomic mass is 10.2. The lowest BCUT2D eigenvalue weighted by Crippen LogP contribution is -2.15. The Labute approximate surface area is 157 Å². The summed E-state index contributed by atoms with van der Waals surface area (Å²) in [4.78, 5) is 34.5. The molecule has 1 aromatic heterocycles. The summed E-state index contributed by atoms with van der Waals surface area (Å²) in [7, 11) is 2.64. The molecule has 1 aromatic carbocycles. The molecule has 0 saturated carbocycles. The molecule has 0 aliphatic heterocycles. The first-order valence-corrected chi connectivity index (χ1v) is 9.34. The summed E-state index contributed by atoms with van der Waals surface area (Å²) in [6.07, 6.45) is 0. The van der Waals surface area contributed by atoms with Crippen molar-refractivity contribution < 1.29 is 24.0 Å². The van der Waals surface area contributed by atoms with Gasteiger partial charge in [0.05, 0.1) is 30.6 Å². The predicted octanol–water partition coefficient (Wildman–Crippen LogP) is 3.32. The summed E-state index contributed by atoms with van der Waals surface area (Å²) in [5.41, 5.74) is 1.00. The minimum atomic E-state index is -0.509. The number of benzene rings is 1. The molecule has 8 nitrogen and oxygen atoms in total. The van der Waals surface area contributed by atoms with Gasteiger partial charge in [-0.3, -0.25) is 14.9 Å². The highest BCUT2D eigenvalue weighted by Crippen LogP contribution is 2.29. The van der Waals surface area contributed by atoms with Gasteiger partial charge in [0.2, 0.25) is 5.91 Å². The molecule has 0 saturated heterocycles. The Hall–Kier alpha value is -2.59. The summed E-state index contributed by atoms with van der Waals surface area (Å²) in [6.45, 7) is 0. The van der Waals surface area contributed by atoms with Crippen LogP contribution in [0.1, 0.15) is 15.2 Å². The van der Waals surface area contributed by atoms with Crippen LogP contribution in [0, 0.1) is 10.1 Å². The Balaban J connectivity index is 1.91. The number of amides is 1. The van der Waals surface area contributed by atoms with Crippen LogP contribution in [0.15, 0.2) is 29.6 Å². The van der Waals surface area contributed by atoms with E-state index in [1.807, 2.05) is 0 Å². The number of thioether (sulfide) groups is 1. The van der Waals surface area contributed by atoms with Crippen LogP contribution < -0.4 is 10.1 Å². The van der Waals surface area contributed by atoms with E-state index in [2.05, 4.69) is 10.1 Å². The van der Waals surface area contributed by atoms with E-state index in [0.717, 1.165) is 0 Å². The number of nitrogens with one attached hydrogen (secondary N) is 1. The number of nitrogens with zero attached hydrogens (tertiary/aromatic N) is 1. The Kier molecular flexibility index (Phi) is 6.98. The van der Waals surface area contributed by atoms with Crippen LogP contribution in [-0.4, -0.2) is 36.8 Å². The molecular weight excluding hydrogens is 380 g/mol. The molecule has 0 fully saturated rings. The summed E-state index contributed by atoms with van der Waals surface area (Å²) in [5, 5.41) is 15.4. The van der Waals surface area contributed by atoms with Crippen molar-refractivity contribution in [3.8, 4) is 5.75 Å². The summed E-state index contributed by atoms with van der Waals surface area (Å²) < 4.78 is 9.61. The minimum absolute atomic E-state index is 0.115. The number of carbonyl (C=O) groups excluding carboxylic acids is 2. The first-order chi connectivity index (χ1) is 12.5. The average molecular weight is 396 g/mol. The Morgan fingerprint density at radius 1 is 1.31 bits per heavy atom. The van der Waals surface area contributed by atoms with Gasteiger partial charge in [-0.1, -0.05) is 6.07 Å². The molecule has 0 aliphatic rings. The highest BCUT2D eigenvalue weighted by molar-refractivity contribution is 7.99. The number of nitro groups is 1. The molecule has 0 spiro atoms. The van der Waals surface area contributed by atoms with Crippen LogP contribution in [0.25, 0.3) is 0 Å². The number of ether oxygens (including phenoxy) is 2. The maximum Gasteiger partial charge on any atom is 0.350 e. The summed E-state index contributed by atoms with van der Waals surface area (Å²) >= 11 is 2.48. The number of methoxy groups -OCH3 is 2. The fraction of sp³-hybridized carbons (Fsp3) is 0.250. The Morgan fingerprint density at radius 3 is 2.73 bits per heavy atom. The van der Waals surface area contributed by atoms with Crippen molar-refractivity contribution >= 4 is 46.3 Å². The molecule has 1 N–H and O–H groups in total. The largest absolute Gasteiger partial charge is 0.490 e. The minimum Gasteiger partial charge on any atom is -0.490 e. The summed E-state index contributed by atoms with van der Waals surface area (Å²) in [5.74, 6) is -0.0356. The van der Waals surface area contributed by atoms with Gasteiger partial charge < -0.3 is 14.8 Å². The third-order valence-electron chi connectivity index (χ3n) is 3.25. The molecule has 2 aromatic rings. The van der Waals surface area contributed by atoms with Crippen LogP contribution in [0.5, 0.6) is 5.75 Å². The van der Waals surface area contributed by atoms with Gasteiger partial charge >= 0.3 is 11.7 Å². The zero-order valence-electron chi connectivity index (χ0n) is 14.0. The molecule has 0 unspecified atom stereocenters. The SMILES string of the molecule is COC(=O)c1sccc1NC(=O)CSCc1ccc(OC)c([N+](=O)[O-])c1. The third kappa shape index (κ3) is 4.96. The van der Waals surface area contributed by atoms with Gasteiger partial charge in [0.15, 0.2) is 5.75 Å². The van der Waals surface area contributed by atoms with Crippen molar-refractivity contribution in [3.05, 3.63) is 50.2 Å². The van der Waals surface area contributed by atoms with Crippen LogP contribution in [0.4, 0.5) is 11.4 Å². The molecule has 0 atom stereocenters. The smallest absolute Gasteiger partial charge is 0.350 e. The maximum absolute atomic E-state index is 12.0. The molecule has 2 rings (SSSR count). The van der Waals surface area contributed by atoms with Gasteiger partial charge in [0.1, 0.15) is 4.88 Å². The van der Waals surface area contributed by atoms with Crippen molar-refractivity contribution in [2.24, 2.45) is 0 Å². The zero-order chi connectivity index (χ0) is 19.1. The van der Waals surface area contributed by atoms with Crippen LogP contribution >= 0.6 is 23.1 Å². The van der Waals surface area contributed by atoms with Crippen LogP contribution in [0.2, 0.25) is 0 Å². The molecule has 1 amide bonds. The first-order valence-electron chi connectivity index (χ1n) is 7.31. The second kappa shape index (κ2) is 9.20. The standard InChI is InChI=1S/C16H16N2O6S2/c1-23-13-4-3-10(7-12(13)18(21)22)8-25-9-14(19)17-11-5-6-26-15(11)16(20)24-2/h3-7H,8-9H2,1-2H3,(H,17,19). The normalized spacial score (nSPS) is 10.2. The van der Waals surface area contributed by atoms with Crippen LogP contribution in [-0.2, 0) is 15.3 Å². The predicted molar refractivity (Wildman–Crippen MR) is 100 cm³/mol. The summed E-state index contributed by atoms with van der Waals surface area (Å²) in [6, 6.07) is 6.30. The highest BCUT2D eigenvalue weighted by atomic mass is 32.2. The number of esters is 1. The van der Waals surface area contributed by atoms with E-state index in [4.69, 9.17) is 4.74 Å². The number of anilines is 1. The van der Waals surface area contributed by atoms with Gasteiger partial charge in [-0.25, -0.2) is 4.79 Å². The van der Waals surface area contributed by atoms with E-state index in [-0.39, 0.29) is 23.1 Å². The molecule has 0 aliphatic carbocycles. The van der Waals surface area contributed by atoms with Gasteiger partial charge in [-0.05, 0) is 23.1 Å². The average Bonchev–Trinajstić information content (AvgIpc) is 3.08. The van der Waals surface area contributed by atoms with Crippen molar-refractivity contribution in [3.63, 3.8) is 0 Å². The van der Waals surface area contributed by atoms with Crippen molar-refractivity contribution in [2.75, 3.05) is 25.3 Å². The van der Waals surface area contributed by atoms with Gasteiger partial charge in [-0.2, -0.15) is 0 Å². The number of nitro benzene ring substituents is 1. The number of hydrogen-bond acceptors (Lipinski definition) is 8. The second-order valence-electron chi connectivity index (χ2n) is 4.96. The van der Waals surface area contributed by atoms with Crippen molar-refractivity contribution in [2.45, 2.75) is 5.75 Å². The van der Waals surface area contributed by atoms with Crippen molar-refractivity contribution in [1.82, 2.24) is 0 Å². The number of hydrogen-bond donors (Lipinski definition) is 1. The van der Waals surface area contributed by atoms with E-state index >= 15 is 0 Å². The van der Waals surface area contributed by atoms with E-state index < -0.39 is 10.9 Å². The first kappa shape index (κ1) is 19.7. The maximum atomic E-state index is 12.0. The molecular formula is C16H16N2O6S2. The van der Waals surface area contributed by atoms with Crippen LogP contribution in [0.3, 0.4) is 0 Å². The zero-order valence-corrected chi connectivity index (χ0v) is 15.6. The third-order valence-corrected chi connectivity index (χ3v) is 5.15. The molecule has 0 bridgehead atoms. The van der Waals surface area contributed by atoms with Gasteiger partial charge in [0.25, 0.3) is 0 Å². The van der Waals surface area contributed by atoms with Gasteiger partial charge in [0, 0.05) is 11.8 Å². The number of carbonyl (C=O) groups is 2. The fourth-order valence-corrected chi connectivity index (χ4v) is 3.62. The monoisotopic (exact) mass is 396 g/mol. The number of rotatable bonds is 8. The van der Waals surface area contributed by atoms with E-state index in [0.29, 0.717) is 21.9 Å². The second-order valence-corrected chi connectivity index (χ2v) is 6.86. The Morgan fingerprint density at radius 2 is 2.08 bits per heavy atom. The molecule has 0 radical (unpaired) electrons. The Bertz CT molecular complexity index is 821. The van der Waals surface area contributed by atoms with E-state index in [1.165, 1.54) is 49.5 Å². The fourth-order valence-electron chi connectivity index (χ4n) is 2.07. The lowest BCUT2D eigenvalue weighted by Gasteiger charge is -2.07.